The lowest BCUT2D eigenvalue weighted by atomic mass is 10.1. The summed E-state index contributed by atoms with van der Waals surface area (Å²) in [5, 5.41) is 10.1. The standard InChI is InChI=1S/C23H25FN4O3/c1-28(15-22(29)25-19-6-3-5-17(13-19)23(30)31-2)12-4-7-20-14-21(27-26-20)16-8-10-18(24)11-9-16/h3,5-6,8-11,13-14H,4,7,12,15H2,1-2H3,(H,25,29)(H,26,27). The number of hydrogen-bond acceptors (Lipinski definition) is 5. The number of aromatic nitrogens is 2. The highest BCUT2D eigenvalue weighted by Crippen LogP contribution is 2.18. The maximum Gasteiger partial charge on any atom is 0.337 e. The number of likely N-dealkylation sites (N-methyl/N-ethyl adjacent to an activating group) is 1. The molecule has 31 heavy (non-hydrogen) atoms. The molecule has 8 heteroatoms. The second-order valence-corrected chi connectivity index (χ2v) is 7.25. The summed E-state index contributed by atoms with van der Waals surface area (Å²) in [6.45, 7) is 0.951. The van der Waals surface area contributed by atoms with E-state index in [9.17, 15) is 14.0 Å². The minimum absolute atomic E-state index is 0.162. The lowest BCUT2D eigenvalue weighted by molar-refractivity contribution is -0.117. The number of aromatic amines is 1. The second kappa shape index (κ2) is 10.5. The number of ether oxygens (including phenoxy) is 1. The highest BCUT2D eigenvalue weighted by Gasteiger charge is 2.10. The first-order valence-corrected chi connectivity index (χ1v) is 9.91. The molecule has 7 nitrogen and oxygen atoms in total. The molecule has 1 amide bonds. The van der Waals surface area contributed by atoms with Crippen LogP contribution < -0.4 is 5.32 Å². The summed E-state index contributed by atoms with van der Waals surface area (Å²) in [6, 6.07) is 14.8. The highest BCUT2D eigenvalue weighted by atomic mass is 19.1. The lowest BCUT2D eigenvalue weighted by Gasteiger charge is -2.16. The number of benzene rings is 2. The van der Waals surface area contributed by atoms with Crippen LogP contribution in [0.1, 0.15) is 22.5 Å². The SMILES string of the molecule is COC(=O)c1cccc(NC(=O)CN(C)CCCc2cc(-c3ccc(F)cc3)n[nH]2)c1. The van der Waals surface area contributed by atoms with E-state index in [1.165, 1.54) is 19.2 Å². The Labute approximate surface area is 180 Å². The predicted octanol–water partition coefficient (Wildman–Crippen LogP) is 3.51. The smallest absolute Gasteiger partial charge is 0.337 e. The molecular formula is C23H25FN4O3. The molecule has 0 saturated heterocycles. The number of halogens is 1. The molecular weight excluding hydrogens is 399 g/mol. The van der Waals surface area contributed by atoms with Gasteiger partial charge in [0.15, 0.2) is 0 Å². The molecule has 0 fully saturated rings. The second-order valence-electron chi connectivity index (χ2n) is 7.25. The van der Waals surface area contributed by atoms with Crippen molar-refractivity contribution in [3.05, 3.63) is 71.7 Å². The van der Waals surface area contributed by atoms with Crippen LogP contribution in [0.25, 0.3) is 11.3 Å². The van der Waals surface area contributed by atoms with Gasteiger partial charge >= 0.3 is 5.97 Å². The zero-order valence-electron chi connectivity index (χ0n) is 17.5. The van der Waals surface area contributed by atoms with Crippen LogP contribution in [0.5, 0.6) is 0 Å². The van der Waals surface area contributed by atoms with Gasteiger partial charge in [-0.3, -0.25) is 14.8 Å². The zero-order chi connectivity index (χ0) is 22.2. The van der Waals surface area contributed by atoms with Crippen LogP contribution in [0.15, 0.2) is 54.6 Å². The van der Waals surface area contributed by atoms with E-state index in [-0.39, 0.29) is 18.3 Å². The first-order valence-electron chi connectivity index (χ1n) is 9.91. The van der Waals surface area contributed by atoms with Gasteiger partial charge in [-0.05, 0) is 75.0 Å². The molecule has 1 heterocycles. The highest BCUT2D eigenvalue weighted by molar-refractivity contribution is 5.95. The van der Waals surface area contributed by atoms with E-state index in [0.29, 0.717) is 11.3 Å². The van der Waals surface area contributed by atoms with Gasteiger partial charge < -0.3 is 10.1 Å². The van der Waals surface area contributed by atoms with Crippen LogP contribution >= 0.6 is 0 Å². The molecule has 0 unspecified atom stereocenters. The quantitative estimate of drug-likeness (QED) is 0.514. The van der Waals surface area contributed by atoms with Crippen LogP contribution in [0.2, 0.25) is 0 Å². The van der Waals surface area contributed by atoms with Crippen molar-refractivity contribution < 1.29 is 18.7 Å². The van der Waals surface area contributed by atoms with E-state index < -0.39 is 5.97 Å². The third kappa shape index (κ3) is 6.48. The van der Waals surface area contributed by atoms with Crippen molar-refractivity contribution in [1.29, 1.82) is 0 Å². The van der Waals surface area contributed by atoms with Crippen molar-refractivity contribution in [3.8, 4) is 11.3 Å². The maximum absolute atomic E-state index is 13.0. The summed E-state index contributed by atoms with van der Waals surface area (Å²) in [5.74, 6) is -0.887. The van der Waals surface area contributed by atoms with Gasteiger partial charge in [-0.2, -0.15) is 5.10 Å². The molecule has 0 aliphatic rings. The lowest BCUT2D eigenvalue weighted by Crippen LogP contribution is -2.31. The van der Waals surface area contributed by atoms with Crippen LogP contribution in [-0.4, -0.2) is 54.2 Å². The molecule has 2 aromatic carbocycles. The van der Waals surface area contributed by atoms with Crippen molar-refractivity contribution in [2.45, 2.75) is 12.8 Å². The fourth-order valence-electron chi connectivity index (χ4n) is 3.16. The number of anilines is 1. The number of hydrogen-bond donors (Lipinski definition) is 2. The summed E-state index contributed by atoms with van der Waals surface area (Å²) in [5.41, 5.74) is 3.54. The summed E-state index contributed by atoms with van der Waals surface area (Å²) >= 11 is 0. The summed E-state index contributed by atoms with van der Waals surface area (Å²) in [6.07, 6.45) is 1.62. The van der Waals surface area contributed by atoms with E-state index in [0.717, 1.165) is 36.3 Å². The van der Waals surface area contributed by atoms with E-state index in [1.807, 2.05) is 18.0 Å². The zero-order valence-corrected chi connectivity index (χ0v) is 17.5. The van der Waals surface area contributed by atoms with Gasteiger partial charge in [0.05, 0.1) is 24.9 Å². The van der Waals surface area contributed by atoms with Crippen LogP contribution in [0.3, 0.4) is 0 Å². The van der Waals surface area contributed by atoms with Gasteiger partial charge in [0, 0.05) is 16.9 Å². The van der Waals surface area contributed by atoms with Crippen molar-refractivity contribution in [2.24, 2.45) is 0 Å². The Morgan fingerprint density at radius 3 is 2.68 bits per heavy atom. The number of H-pyrrole nitrogens is 1. The molecule has 3 aromatic rings. The average molecular weight is 424 g/mol. The van der Waals surface area contributed by atoms with E-state index >= 15 is 0 Å². The average Bonchev–Trinajstić information content (AvgIpc) is 3.22. The van der Waals surface area contributed by atoms with E-state index in [1.54, 1.807) is 36.4 Å². The molecule has 0 radical (unpaired) electrons. The van der Waals surface area contributed by atoms with Crippen molar-refractivity contribution in [3.63, 3.8) is 0 Å². The fourth-order valence-corrected chi connectivity index (χ4v) is 3.16. The topological polar surface area (TPSA) is 87.3 Å². The largest absolute Gasteiger partial charge is 0.465 e. The number of amides is 1. The van der Waals surface area contributed by atoms with Crippen LogP contribution in [0, 0.1) is 5.82 Å². The number of carbonyl (C=O) groups is 2. The van der Waals surface area contributed by atoms with E-state index in [4.69, 9.17) is 4.74 Å². The molecule has 0 bridgehead atoms. The van der Waals surface area contributed by atoms with Crippen LogP contribution in [0.4, 0.5) is 10.1 Å². The normalized spacial score (nSPS) is 10.8. The van der Waals surface area contributed by atoms with Gasteiger partial charge in [0.1, 0.15) is 5.82 Å². The Kier molecular flexibility index (Phi) is 7.50. The number of carbonyl (C=O) groups excluding carboxylic acids is 2. The van der Waals surface area contributed by atoms with Gasteiger partial charge in [0.25, 0.3) is 0 Å². The molecule has 0 saturated carbocycles. The number of nitrogens with one attached hydrogen (secondary N) is 2. The van der Waals surface area contributed by atoms with Crippen molar-refractivity contribution >= 4 is 17.6 Å². The Morgan fingerprint density at radius 1 is 1.16 bits per heavy atom. The number of aryl methyl sites for hydroxylation is 1. The Morgan fingerprint density at radius 2 is 1.94 bits per heavy atom. The third-order valence-electron chi connectivity index (χ3n) is 4.74. The third-order valence-corrected chi connectivity index (χ3v) is 4.74. The maximum atomic E-state index is 13.0. The first kappa shape index (κ1) is 22.2. The number of rotatable bonds is 9. The minimum Gasteiger partial charge on any atom is -0.465 e. The first-order chi connectivity index (χ1) is 14.9. The monoisotopic (exact) mass is 424 g/mol. The summed E-state index contributed by atoms with van der Waals surface area (Å²) < 4.78 is 17.7. The van der Waals surface area contributed by atoms with Crippen molar-refractivity contribution in [2.75, 3.05) is 32.6 Å². The predicted molar refractivity (Wildman–Crippen MR) is 116 cm³/mol. The van der Waals surface area contributed by atoms with Crippen LogP contribution in [-0.2, 0) is 16.0 Å². The number of nitrogens with zero attached hydrogens (tertiary/aromatic N) is 2. The summed E-state index contributed by atoms with van der Waals surface area (Å²) in [4.78, 5) is 25.8. The van der Waals surface area contributed by atoms with E-state index in [2.05, 4.69) is 15.5 Å². The van der Waals surface area contributed by atoms with Crippen molar-refractivity contribution in [1.82, 2.24) is 15.1 Å². The number of esters is 1. The molecule has 2 N–H and O–H groups in total. The fraction of sp³-hybridized carbons (Fsp3) is 0.261. The van der Waals surface area contributed by atoms with Gasteiger partial charge in [-0.25, -0.2) is 9.18 Å². The minimum atomic E-state index is -0.449. The summed E-state index contributed by atoms with van der Waals surface area (Å²) in [7, 11) is 3.19. The number of methoxy groups -OCH3 is 1. The molecule has 162 valence electrons. The molecule has 0 atom stereocenters. The van der Waals surface area contributed by atoms with Gasteiger partial charge in [0.2, 0.25) is 5.91 Å². The van der Waals surface area contributed by atoms with Gasteiger partial charge in [-0.15, -0.1) is 0 Å². The Bertz CT molecular complexity index is 1030. The molecule has 3 rings (SSSR count). The Hall–Kier alpha value is -3.52. The molecule has 0 aliphatic heterocycles. The van der Waals surface area contributed by atoms with Gasteiger partial charge in [-0.1, -0.05) is 6.07 Å². The Balaban J connectivity index is 1.43. The molecule has 0 spiro atoms. The molecule has 1 aromatic heterocycles. The molecule has 0 aliphatic carbocycles.